The number of thiophene rings is 1. The number of nitrogens with two attached hydrogens (primary N) is 1. The van der Waals surface area contributed by atoms with Crippen molar-refractivity contribution in [1.82, 2.24) is 0 Å². The topological polar surface area (TPSA) is 80.5 Å². The third kappa shape index (κ3) is 2.69. The van der Waals surface area contributed by atoms with E-state index in [-0.39, 0.29) is 21.8 Å². The standard InChI is InChI=1S/C13H20N2O3S2/c1-8(16)10-9(14)11(20(4,17)18)12(19-10)15-6-5-13(2,3)7-15/h5-7,14H2,1-4H3. The summed E-state index contributed by atoms with van der Waals surface area (Å²) in [7, 11) is -3.46. The van der Waals surface area contributed by atoms with Gasteiger partial charge in [0.05, 0.1) is 10.6 Å². The minimum Gasteiger partial charge on any atom is -0.396 e. The number of Topliss-reactive ketones (excluding diaryl/α,β-unsaturated/α-hetero) is 1. The number of ketones is 1. The van der Waals surface area contributed by atoms with E-state index < -0.39 is 9.84 Å². The molecule has 2 rings (SSSR count). The highest BCUT2D eigenvalue weighted by atomic mass is 32.2. The van der Waals surface area contributed by atoms with Crippen LogP contribution in [0.4, 0.5) is 10.7 Å². The SMILES string of the molecule is CC(=O)c1sc(N2CCC(C)(C)C2)c(S(C)(=O)=O)c1N. The van der Waals surface area contributed by atoms with Crippen LogP contribution in [0.25, 0.3) is 0 Å². The van der Waals surface area contributed by atoms with Crippen LogP contribution in [0, 0.1) is 5.41 Å². The van der Waals surface area contributed by atoms with E-state index in [1.54, 1.807) is 0 Å². The summed E-state index contributed by atoms with van der Waals surface area (Å²) in [6, 6.07) is 0. The molecule has 20 heavy (non-hydrogen) atoms. The Morgan fingerprint density at radius 3 is 2.40 bits per heavy atom. The Balaban J connectivity index is 2.59. The van der Waals surface area contributed by atoms with Crippen molar-refractivity contribution in [1.29, 1.82) is 0 Å². The summed E-state index contributed by atoms with van der Waals surface area (Å²) in [5, 5.41) is 0.612. The number of hydrogen-bond donors (Lipinski definition) is 1. The fraction of sp³-hybridized carbons (Fsp3) is 0.615. The van der Waals surface area contributed by atoms with Crippen LogP contribution >= 0.6 is 11.3 Å². The summed E-state index contributed by atoms with van der Waals surface area (Å²) >= 11 is 1.19. The molecule has 2 N–H and O–H groups in total. The molecule has 112 valence electrons. The lowest BCUT2D eigenvalue weighted by molar-refractivity contribution is 0.102. The lowest BCUT2D eigenvalue weighted by Gasteiger charge is -2.21. The summed E-state index contributed by atoms with van der Waals surface area (Å²) in [6.45, 7) is 7.26. The molecule has 1 aliphatic heterocycles. The van der Waals surface area contributed by atoms with Crippen LogP contribution in [0.1, 0.15) is 36.9 Å². The van der Waals surface area contributed by atoms with E-state index in [2.05, 4.69) is 13.8 Å². The second-order valence-electron chi connectivity index (χ2n) is 6.14. The minimum absolute atomic E-state index is 0.102. The average molecular weight is 316 g/mol. The summed E-state index contributed by atoms with van der Waals surface area (Å²) in [4.78, 5) is 14.1. The van der Waals surface area contributed by atoms with Gasteiger partial charge in [-0.3, -0.25) is 4.79 Å². The molecule has 0 unspecified atom stereocenters. The van der Waals surface area contributed by atoms with Gasteiger partial charge in [0, 0.05) is 26.3 Å². The van der Waals surface area contributed by atoms with E-state index in [0.717, 1.165) is 25.8 Å². The van der Waals surface area contributed by atoms with Gasteiger partial charge < -0.3 is 10.6 Å². The maximum atomic E-state index is 12.0. The molecule has 0 aliphatic carbocycles. The predicted octanol–water partition coefficient (Wildman–Crippen LogP) is 2.17. The molecular weight excluding hydrogens is 296 g/mol. The smallest absolute Gasteiger partial charge is 0.180 e. The monoisotopic (exact) mass is 316 g/mol. The third-order valence-corrected chi connectivity index (χ3v) is 6.19. The van der Waals surface area contributed by atoms with Gasteiger partial charge in [-0.1, -0.05) is 13.8 Å². The van der Waals surface area contributed by atoms with Gasteiger partial charge in [0.15, 0.2) is 15.6 Å². The first-order chi connectivity index (χ1) is 9.03. The van der Waals surface area contributed by atoms with Crippen molar-refractivity contribution in [2.45, 2.75) is 32.1 Å². The number of anilines is 2. The Morgan fingerprint density at radius 2 is 2.00 bits per heavy atom. The Labute approximate surface area is 123 Å². The van der Waals surface area contributed by atoms with E-state index in [4.69, 9.17) is 5.73 Å². The minimum atomic E-state index is -3.46. The van der Waals surface area contributed by atoms with Gasteiger partial charge in [0.25, 0.3) is 0 Å². The molecule has 5 nitrogen and oxygen atoms in total. The molecular formula is C13H20N2O3S2. The molecule has 1 aromatic rings. The number of sulfone groups is 1. The number of rotatable bonds is 3. The molecule has 1 aromatic heterocycles. The second kappa shape index (κ2) is 4.73. The van der Waals surface area contributed by atoms with E-state index in [1.165, 1.54) is 18.3 Å². The largest absolute Gasteiger partial charge is 0.396 e. The zero-order chi connectivity index (χ0) is 15.3. The predicted molar refractivity (Wildman–Crippen MR) is 82.5 cm³/mol. The van der Waals surface area contributed by atoms with Crippen molar-refractivity contribution >= 4 is 37.6 Å². The van der Waals surface area contributed by atoms with Gasteiger partial charge in [0.1, 0.15) is 9.90 Å². The summed E-state index contributed by atoms with van der Waals surface area (Å²) < 4.78 is 24.0. The molecule has 1 saturated heterocycles. The molecule has 7 heteroatoms. The molecule has 0 bridgehead atoms. The van der Waals surface area contributed by atoms with Gasteiger partial charge in [-0.2, -0.15) is 0 Å². The van der Waals surface area contributed by atoms with Crippen molar-refractivity contribution in [3.8, 4) is 0 Å². The third-order valence-electron chi connectivity index (χ3n) is 3.54. The molecule has 0 saturated carbocycles. The first-order valence-electron chi connectivity index (χ1n) is 6.41. The number of hydrogen-bond acceptors (Lipinski definition) is 6. The summed E-state index contributed by atoms with van der Waals surface area (Å²) in [5.41, 5.74) is 6.15. The fourth-order valence-corrected chi connectivity index (χ4v) is 5.16. The van der Waals surface area contributed by atoms with Crippen LogP contribution < -0.4 is 10.6 Å². The fourth-order valence-electron chi connectivity index (χ4n) is 2.53. The second-order valence-corrected chi connectivity index (χ2v) is 9.09. The highest BCUT2D eigenvalue weighted by molar-refractivity contribution is 7.91. The number of carbonyl (C=O) groups is 1. The van der Waals surface area contributed by atoms with Crippen LogP contribution in [0.5, 0.6) is 0 Å². The van der Waals surface area contributed by atoms with Gasteiger partial charge in [-0.15, -0.1) is 11.3 Å². The van der Waals surface area contributed by atoms with Crippen molar-refractivity contribution in [3.05, 3.63) is 4.88 Å². The van der Waals surface area contributed by atoms with Crippen LogP contribution in [0.15, 0.2) is 4.90 Å². The van der Waals surface area contributed by atoms with Crippen LogP contribution in [0.2, 0.25) is 0 Å². The lowest BCUT2D eigenvalue weighted by atomic mass is 9.93. The first-order valence-corrected chi connectivity index (χ1v) is 9.12. The summed E-state index contributed by atoms with van der Waals surface area (Å²) in [5.74, 6) is -0.192. The van der Waals surface area contributed by atoms with Gasteiger partial charge >= 0.3 is 0 Å². The number of nitrogens with zero attached hydrogens (tertiary/aromatic N) is 1. The Bertz CT molecular complexity index is 659. The molecule has 0 atom stereocenters. The van der Waals surface area contributed by atoms with E-state index in [1.807, 2.05) is 4.90 Å². The van der Waals surface area contributed by atoms with Crippen LogP contribution in [-0.2, 0) is 9.84 Å². The molecule has 0 radical (unpaired) electrons. The molecule has 0 amide bonds. The highest BCUT2D eigenvalue weighted by Gasteiger charge is 2.35. The first kappa shape index (κ1) is 15.3. The zero-order valence-corrected chi connectivity index (χ0v) is 13.8. The van der Waals surface area contributed by atoms with Gasteiger partial charge in [-0.05, 0) is 11.8 Å². The van der Waals surface area contributed by atoms with E-state index in [9.17, 15) is 13.2 Å². The normalized spacial score (nSPS) is 18.5. The molecule has 1 aliphatic rings. The molecule has 0 aromatic carbocycles. The van der Waals surface area contributed by atoms with Gasteiger partial charge in [-0.25, -0.2) is 8.42 Å². The molecule has 2 heterocycles. The Hall–Kier alpha value is -1.08. The molecule has 1 fully saturated rings. The highest BCUT2D eigenvalue weighted by Crippen LogP contribution is 2.44. The maximum Gasteiger partial charge on any atom is 0.180 e. The average Bonchev–Trinajstić information content (AvgIpc) is 2.77. The number of nitrogen functional groups attached to an aromatic ring is 1. The van der Waals surface area contributed by atoms with Gasteiger partial charge in [0.2, 0.25) is 0 Å². The number of carbonyl (C=O) groups excluding carboxylic acids is 1. The quantitative estimate of drug-likeness (QED) is 0.864. The van der Waals surface area contributed by atoms with E-state index >= 15 is 0 Å². The summed E-state index contributed by atoms with van der Waals surface area (Å²) in [6.07, 6.45) is 2.13. The maximum absolute atomic E-state index is 12.0. The molecule has 0 spiro atoms. The van der Waals surface area contributed by atoms with Crippen molar-refractivity contribution in [2.75, 3.05) is 30.0 Å². The Kier molecular flexibility index (Phi) is 3.62. The van der Waals surface area contributed by atoms with Crippen molar-refractivity contribution in [3.63, 3.8) is 0 Å². The van der Waals surface area contributed by atoms with Crippen LogP contribution in [-0.4, -0.2) is 33.5 Å². The van der Waals surface area contributed by atoms with Crippen LogP contribution in [0.3, 0.4) is 0 Å². The lowest BCUT2D eigenvalue weighted by Crippen LogP contribution is -2.23. The Morgan fingerprint density at radius 1 is 1.40 bits per heavy atom. The van der Waals surface area contributed by atoms with E-state index in [0.29, 0.717) is 9.88 Å². The zero-order valence-electron chi connectivity index (χ0n) is 12.2. The van der Waals surface area contributed by atoms with Crippen molar-refractivity contribution in [2.24, 2.45) is 5.41 Å². The van der Waals surface area contributed by atoms with Crippen molar-refractivity contribution < 1.29 is 13.2 Å².